The van der Waals surface area contributed by atoms with E-state index in [1.54, 1.807) is 19.1 Å². The highest BCUT2D eigenvalue weighted by molar-refractivity contribution is 6.12. The second-order valence-electron chi connectivity index (χ2n) is 7.71. The van der Waals surface area contributed by atoms with Gasteiger partial charge in [0.05, 0.1) is 12.9 Å². The molecular formula is C24H25NO5. The molecule has 1 aromatic carbocycles. The van der Waals surface area contributed by atoms with E-state index in [4.69, 9.17) is 9.15 Å². The molecule has 1 aromatic heterocycles. The average molecular weight is 407 g/mol. The fourth-order valence-corrected chi connectivity index (χ4v) is 4.49. The number of esters is 1. The van der Waals surface area contributed by atoms with E-state index in [1.165, 1.54) is 11.8 Å². The number of furan rings is 1. The van der Waals surface area contributed by atoms with Crippen molar-refractivity contribution in [3.63, 3.8) is 0 Å². The predicted molar refractivity (Wildman–Crippen MR) is 110 cm³/mol. The summed E-state index contributed by atoms with van der Waals surface area (Å²) in [5, 5.41) is 2.88. The summed E-state index contributed by atoms with van der Waals surface area (Å²) in [6.07, 6.45) is 2.95. The molecule has 2 heterocycles. The lowest BCUT2D eigenvalue weighted by molar-refractivity contribution is -0.152. The molecule has 3 atom stereocenters. The lowest BCUT2D eigenvalue weighted by Crippen LogP contribution is -2.44. The molecule has 6 nitrogen and oxygen atoms in total. The van der Waals surface area contributed by atoms with E-state index in [2.05, 4.69) is 12.2 Å². The maximum absolute atomic E-state index is 13.6. The minimum Gasteiger partial charge on any atom is -0.469 e. The number of ketones is 1. The molecule has 6 heteroatoms. The summed E-state index contributed by atoms with van der Waals surface area (Å²) >= 11 is 0. The Kier molecular flexibility index (Phi) is 5.57. The van der Waals surface area contributed by atoms with E-state index < -0.39 is 17.8 Å². The fourth-order valence-electron chi connectivity index (χ4n) is 4.49. The van der Waals surface area contributed by atoms with Gasteiger partial charge in [-0.15, -0.1) is 0 Å². The summed E-state index contributed by atoms with van der Waals surface area (Å²) in [7, 11) is 0. The van der Waals surface area contributed by atoms with Gasteiger partial charge in [0, 0.05) is 29.5 Å². The van der Waals surface area contributed by atoms with E-state index in [-0.39, 0.29) is 30.6 Å². The predicted octanol–water partition coefficient (Wildman–Crippen LogP) is 3.64. The standard InChI is InChI=1S/C24H25NO5/c1-3-14-7-9-15(10-8-14)16-13-20(26)25-18-12-17(19-6-5-11-30-19)22(23(27)21(16)18)24(28)29-4-2/h5-11,16-17,22H,3-4,12-13H2,1-2H3,(H,25,26)/t16-,17+,22-/m0/s1. The minimum atomic E-state index is -0.984. The highest BCUT2D eigenvalue weighted by Gasteiger charge is 2.48. The Balaban J connectivity index is 1.78. The number of carbonyl (C=O) groups is 3. The fraction of sp³-hybridized carbons (Fsp3) is 0.375. The normalized spacial score (nSPS) is 23.7. The van der Waals surface area contributed by atoms with Crippen molar-refractivity contribution in [1.82, 2.24) is 5.32 Å². The average Bonchev–Trinajstić information content (AvgIpc) is 3.27. The molecule has 0 spiro atoms. The van der Waals surface area contributed by atoms with Gasteiger partial charge in [-0.3, -0.25) is 14.4 Å². The Hall–Kier alpha value is -3.15. The molecule has 1 amide bonds. The van der Waals surface area contributed by atoms with Gasteiger partial charge in [-0.1, -0.05) is 31.2 Å². The molecule has 0 saturated heterocycles. The van der Waals surface area contributed by atoms with E-state index in [9.17, 15) is 14.4 Å². The zero-order valence-corrected chi connectivity index (χ0v) is 17.1. The highest BCUT2D eigenvalue weighted by Crippen LogP contribution is 2.45. The topological polar surface area (TPSA) is 85.6 Å². The second kappa shape index (κ2) is 8.30. The summed E-state index contributed by atoms with van der Waals surface area (Å²) in [5.41, 5.74) is 3.19. The van der Waals surface area contributed by atoms with Crippen molar-refractivity contribution in [2.45, 2.75) is 44.9 Å². The Morgan fingerprint density at radius 1 is 1.13 bits per heavy atom. The van der Waals surface area contributed by atoms with Crippen LogP contribution in [0.3, 0.4) is 0 Å². The number of allylic oxidation sites excluding steroid dienone is 2. The number of Topliss-reactive ketones (excluding diaryl/α,β-unsaturated/α-hetero) is 1. The Labute approximate surface area is 175 Å². The molecule has 1 aliphatic carbocycles. The van der Waals surface area contributed by atoms with Gasteiger partial charge in [0.25, 0.3) is 0 Å². The number of ether oxygens (including phenoxy) is 1. The van der Waals surface area contributed by atoms with Crippen molar-refractivity contribution in [3.05, 3.63) is 70.8 Å². The zero-order chi connectivity index (χ0) is 21.3. The number of benzene rings is 1. The summed E-state index contributed by atoms with van der Waals surface area (Å²) in [6.45, 7) is 3.99. The molecule has 2 aliphatic rings. The van der Waals surface area contributed by atoms with Crippen LogP contribution in [0.25, 0.3) is 0 Å². The van der Waals surface area contributed by atoms with Crippen LogP contribution in [0.15, 0.2) is 58.3 Å². The van der Waals surface area contributed by atoms with Crippen LogP contribution < -0.4 is 5.32 Å². The lowest BCUT2D eigenvalue weighted by Gasteiger charge is -2.37. The van der Waals surface area contributed by atoms with Crippen LogP contribution >= 0.6 is 0 Å². The maximum atomic E-state index is 13.6. The molecule has 0 fully saturated rings. The third-order valence-corrected chi connectivity index (χ3v) is 5.97. The van der Waals surface area contributed by atoms with Crippen molar-refractivity contribution < 1.29 is 23.5 Å². The number of hydrogen-bond donors (Lipinski definition) is 1. The number of rotatable bonds is 5. The molecule has 4 rings (SSSR count). The SMILES string of the molecule is CCOC(=O)[C@@H]1C(=O)C2=C(C[C@@H]1c1ccco1)NC(=O)C[C@H]2c1ccc(CC)cc1. The second-order valence-corrected chi connectivity index (χ2v) is 7.71. The Morgan fingerprint density at radius 3 is 2.53 bits per heavy atom. The van der Waals surface area contributed by atoms with E-state index in [0.717, 1.165) is 12.0 Å². The smallest absolute Gasteiger partial charge is 0.317 e. The van der Waals surface area contributed by atoms with Crippen LogP contribution in [0.1, 0.15) is 55.4 Å². The number of hydrogen-bond acceptors (Lipinski definition) is 5. The number of nitrogens with one attached hydrogen (secondary N) is 1. The van der Waals surface area contributed by atoms with Crippen molar-refractivity contribution in [1.29, 1.82) is 0 Å². The summed E-state index contributed by atoms with van der Waals surface area (Å²) in [6, 6.07) is 11.5. The zero-order valence-electron chi connectivity index (χ0n) is 17.1. The molecule has 156 valence electrons. The van der Waals surface area contributed by atoms with Crippen molar-refractivity contribution in [2.75, 3.05) is 6.61 Å². The van der Waals surface area contributed by atoms with Crippen LogP contribution in [0.4, 0.5) is 0 Å². The van der Waals surface area contributed by atoms with Crippen LogP contribution in [0.5, 0.6) is 0 Å². The van der Waals surface area contributed by atoms with Crippen LogP contribution in [0.2, 0.25) is 0 Å². The number of amides is 1. The molecule has 1 N–H and O–H groups in total. The van der Waals surface area contributed by atoms with E-state index in [0.29, 0.717) is 23.5 Å². The molecule has 0 unspecified atom stereocenters. The monoisotopic (exact) mass is 407 g/mol. The minimum absolute atomic E-state index is 0.126. The van der Waals surface area contributed by atoms with E-state index in [1.807, 2.05) is 24.3 Å². The summed E-state index contributed by atoms with van der Waals surface area (Å²) < 4.78 is 10.8. The van der Waals surface area contributed by atoms with Gasteiger partial charge in [0.1, 0.15) is 11.7 Å². The number of carbonyl (C=O) groups excluding carboxylic acids is 3. The lowest BCUT2D eigenvalue weighted by atomic mass is 9.69. The van der Waals surface area contributed by atoms with Gasteiger partial charge in [-0.05, 0) is 43.0 Å². The summed E-state index contributed by atoms with van der Waals surface area (Å²) in [5.74, 6) is -2.29. The molecule has 1 aliphatic heterocycles. The molecule has 2 aromatic rings. The third kappa shape index (κ3) is 3.58. The maximum Gasteiger partial charge on any atom is 0.317 e. The molecule has 0 radical (unpaired) electrons. The first-order chi connectivity index (χ1) is 14.5. The molecule has 30 heavy (non-hydrogen) atoms. The van der Waals surface area contributed by atoms with Gasteiger partial charge < -0.3 is 14.5 Å². The van der Waals surface area contributed by atoms with Crippen LogP contribution in [-0.2, 0) is 25.5 Å². The molecule has 0 saturated carbocycles. The van der Waals surface area contributed by atoms with Crippen molar-refractivity contribution in [2.24, 2.45) is 5.92 Å². The van der Waals surface area contributed by atoms with E-state index >= 15 is 0 Å². The first-order valence-corrected chi connectivity index (χ1v) is 10.4. The summed E-state index contributed by atoms with van der Waals surface area (Å²) in [4.78, 5) is 38.9. The Bertz CT molecular complexity index is 987. The largest absolute Gasteiger partial charge is 0.469 e. The first-order valence-electron chi connectivity index (χ1n) is 10.4. The van der Waals surface area contributed by atoms with Crippen LogP contribution in [-0.4, -0.2) is 24.3 Å². The van der Waals surface area contributed by atoms with Gasteiger partial charge >= 0.3 is 5.97 Å². The quantitative estimate of drug-likeness (QED) is 0.604. The van der Waals surface area contributed by atoms with Gasteiger partial charge in [-0.2, -0.15) is 0 Å². The third-order valence-electron chi connectivity index (χ3n) is 5.97. The van der Waals surface area contributed by atoms with Crippen molar-refractivity contribution >= 4 is 17.7 Å². The van der Waals surface area contributed by atoms with Gasteiger partial charge in [-0.25, -0.2) is 0 Å². The Morgan fingerprint density at radius 2 is 1.90 bits per heavy atom. The van der Waals surface area contributed by atoms with Gasteiger partial charge in [0.2, 0.25) is 5.91 Å². The van der Waals surface area contributed by atoms with Crippen LogP contribution in [0, 0.1) is 5.92 Å². The van der Waals surface area contributed by atoms with Crippen molar-refractivity contribution in [3.8, 4) is 0 Å². The highest BCUT2D eigenvalue weighted by atomic mass is 16.5. The molecule has 0 bridgehead atoms. The van der Waals surface area contributed by atoms with Gasteiger partial charge in [0.15, 0.2) is 5.78 Å². The number of aryl methyl sites for hydroxylation is 1. The molecular weight excluding hydrogens is 382 g/mol. The first kappa shape index (κ1) is 20.1.